The Morgan fingerprint density at radius 2 is 2.29 bits per heavy atom. The van der Waals surface area contributed by atoms with Crippen molar-refractivity contribution in [2.24, 2.45) is 0 Å². The average Bonchev–Trinajstić information content (AvgIpc) is 2.20. The first-order valence-electron chi connectivity index (χ1n) is 3.77. The van der Waals surface area contributed by atoms with Crippen LogP contribution in [0.4, 0.5) is 4.39 Å². The first kappa shape index (κ1) is 11.8. The van der Waals surface area contributed by atoms with Crippen molar-refractivity contribution in [2.45, 2.75) is 4.90 Å². The molecule has 0 amide bonds. The Balaban J connectivity index is 3.00. The van der Waals surface area contributed by atoms with Crippen LogP contribution in [0, 0.1) is 17.1 Å². The van der Waals surface area contributed by atoms with Crippen molar-refractivity contribution in [1.82, 2.24) is 0 Å². The van der Waals surface area contributed by atoms with Gasteiger partial charge >= 0.3 is 0 Å². The molecule has 1 nitrogen and oxygen atoms in total. The molecule has 0 radical (unpaired) electrons. The molecule has 0 atom stereocenters. The van der Waals surface area contributed by atoms with Crippen LogP contribution in [-0.2, 0) is 0 Å². The molecular formula is C9H6BrClFNS. The number of alkyl halides is 1. The lowest BCUT2D eigenvalue weighted by Gasteiger charge is -2.04. The lowest BCUT2D eigenvalue weighted by molar-refractivity contribution is 0.594. The maximum absolute atomic E-state index is 13.5. The minimum Gasteiger partial charge on any atom is -0.204 e. The van der Waals surface area contributed by atoms with Crippen molar-refractivity contribution in [1.29, 1.82) is 5.26 Å². The smallest absolute Gasteiger partial charge is 0.152 e. The summed E-state index contributed by atoms with van der Waals surface area (Å²) in [5.41, 5.74) is 0.303. The van der Waals surface area contributed by atoms with Crippen LogP contribution < -0.4 is 0 Å². The van der Waals surface area contributed by atoms with Crippen molar-refractivity contribution >= 4 is 39.3 Å². The summed E-state index contributed by atoms with van der Waals surface area (Å²) < 4.78 is 13.7. The first-order valence-corrected chi connectivity index (χ1v) is 6.09. The fourth-order valence-corrected chi connectivity index (χ4v) is 2.37. The van der Waals surface area contributed by atoms with E-state index in [0.717, 1.165) is 0 Å². The average molecular weight is 295 g/mol. The highest BCUT2D eigenvalue weighted by Crippen LogP contribution is 2.29. The molecule has 0 aliphatic carbocycles. The van der Waals surface area contributed by atoms with Crippen molar-refractivity contribution in [3.63, 3.8) is 0 Å². The van der Waals surface area contributed by atoms with E-state index in [1.165, 1.54) is 11.8 Å². The lowest BCUT2D eigenvalue weighted by atomic mass is 10.2. The quantitative estimate of drug-likeness (QED) is 0.625. The molecule has 0 heterocycles. The Hall–Kier alpha value is -0.240. The van der Waals surface area contributed by atoms with Crippen molar-refractivity contribution < 1.29 is 4.39 Å². The summed E-state index contributed by atoms with van der Waals surface area (Å²) in [6.45, 7) is 0. The summed E-state index contributed by atoms with van der Waals surface area (Å²) in [6, 6.07) is 5.08. The molecule has 14 heavy (non-hydrogen) atoms. The van der Waals surface area contributed by atoms with Gasteiger partial charge < -0.3 is 0 Å². The van der Waals surface area contributed by atoms with Gasteiger partial charge in [-0.15, -0.1) is 23.4 Å². The molecule has 0 aliphatic rings. The number of benzene rings is 1. The van der Waals surface area contributed by atoms with Crippen LogP contribution in [0.5, 0.6) is 0 Å². The van der Waals surface area contributed by atoms with E-state index < -0.39 is 0 Å². The minimum absolute atomic E-state index is 0.222. The molecule has 0 fully saturated rings. The third-order valence-corrected chi connectivity index (χ3v) is 3.72. The zero-order chi connectivity index (χ0) is 10.6. The fourth-order valence-electron chi connectivity index (χ4n) is 0.878. The number of nitriles is 1. The summed E-state index contributed by atoms with van der Waals surface area (Å²) >= 11 is 9.87. The first-order chi connectivity index (χ1) is 6.70. The summed E-state index contributed by atoms with van der Waals surface area (Å²) in [5.74, 6) is 0.734. The molecule has 0 aromatic heterocycles. The van der Waals surface area contributed by atoms with Gasteiger partial charge in [0.1, 0.15) is 6.07 Å². The molecule has 1 rings (SSSR count). The predicted octanol–water partition coefficient (Wildman–Crippen LogP) is 3.79. The second kappa shape index (κ2) is 5.59. The van der Waals surface area contributed by atoms with Gasteiger partial charge in [0, 0.05) is 16.5 Å². The van der Waals surface area contributed by atoms with Crippen LogP contribution in [0.1, 0.15) is 5.56 Å². The van der Waals surface area contributed by atoms with E-state index in [9.17, 15) is 4.39 Å². The Labute approximate surface area is 99.4 Å². The van der Waals surface area contributed by atoms with E-state index in [2.05, 4.69) is 15.9 Å². The zero-order valence-electron chi connectivity index (χ0n) is 7.06. The van der Waals surface area contributed by atoms with Crippen LogP contribution in [0.15, 0.2) is 21.5 Å². The van der Waals surface area contributed by atoms with E-state index in [1.807, 2.05) is 6.07 Å². The van der Waals surface area contributed by atoms with Gasteiger partial charge in [-0.1, -0.05) is 0 Å². The summed E-state index contributed by atoms with van der Waals surface area (Å²) in [4.78, 5) is 0.511. The molecular weight excluding hydrogens is 289 g/mol. The Kier molecular flexibility index (Phi) is 4.73. The minimum atomic E-state index is -0.390. The maximum atomic E-state index is 13.5. The number of halogens is 3. The molecule has 74 valence electrons. The second-order valence-electron chi connectivity index (χ2n) is 2.39. The van der Waals surface area contributed by atoms with Gasteiger partial charge in [-0.2, -0.15) is 5.26 Å². The number of hydrogen-bond acceptors (Lipinski definition) is 2. The summed E-state index contributed by atoms with van der Waals surface area (Å²) in [6.07, 6.45) is 0. The van der Waals surface area contributed by atoms with Crippen molar-refractivity contribution in [2.75, 3.05) is 11.6 Å². The highest BCUT2D eigenvalue weighted by atomic mass is 79.9. The van der Waals surface area contributed by atoms with Crippen LogP contribution in [-0.4, -0.2) is 11.6 Å². The Morgan fingerprint density at radius 3 is 2.86 bits per heavy atom. The topological polar surface area (TPSA) is 23.8 Å². The third-order valence-electron chi connectivity index (χ3n) is 1.50. The van der Waals surface area contributed by atoms with Crippen molar-refractivity contribution in [3.05, 3.63) is 28.0 Å². The molecule has 0 aliphatic heterocycles. The van der Waals surface area contributed by atoms with Crippen molar-refractivity contribution in [3.8, 4) is 6.07 Å². The lowest BCUT2D eigenvalue weighted by Crippen LogP contribution is -1.89. The molecule has 5 heteroatoms. The number of thioether (sulfide) groups is 1. The van der Waals surface area contributed by atoms with Crippen LogP contribution in [0.3, 0.4) is 0 Å². The van der Waals surface area contributed by atoms with Gasteiger partial charge in [-0.3, -0.25) is 0 Å². The monoisotopic (exact) mass is 293 g/mol. The molecule has 0 saturated heterocycles. The van der Waals surface area contributed by atoms with E-state index >= 15 is 0 Å². The van der Waals surface area contributed by atoms with Crippen LogP contribution in [0.25, 0.3) is 0 Å². The van der Waals surface area contributed by atoms with Gasteiger partial charge in [0.25, 0.3) is 0 Å². The Morgan fingerprint density at radius 1 is 1.57 bits per heavy atom. The highest BCUT2D eigenvalue weighted by molar-refractivity contribution is 9.10. The zero-order valence-corrected chi connectivity index (χ0v) is 10.2. The van der Waals surface area contributed by atoms with Crippen LogP contribution >= 0.6 is 39.3 Å². The van der Waals surface area contributed by atoms with Gasteiger partial charge in [0.05, 0.1) is 10.0 Å². The van der Waals surface area contributed by atoms with Gasteiger partial charge in [-0.05, 0) is 28.1 Å². The molecule has 0 bridgehead atoms. The van der Waals surface area contributed by atoms with E-state index in [1.54, 1.807) is 12.1 Å². The number of nitrogens with zero attached hydrogens (tertiary/aromatic N) is 1. The van der Waals surface area contributed by atoms with E-state index in [0.29, 0.717) is 22.1 Å². The highest BCUT2D eigenvalue weighted by Gasteiger charge is 2.10. The summed E-state index contributed by atoms with van der Waals surface area (Å²) in [5, 5.41) is 8.64. The Bertz CT molecular complexity index is 378. The fraction of sp³-hybridized carbons (Fsp3) is 0.222. The molecule has 0 spiro atoms. The molecule has 0 unspecified atom stereocenters. The third kappa shape index (κ3) is 2.63. The maximum Gasteiger partial charge on any atom is 0.152 e. The van der Waals surface area contributed by atoms with Crippen LogP contribution in [0.2, 0.25) is 0 Å². The molecule has 1 aromatic carbocycles. The molecule has 0 saturated carbocycles. The van der Waals surface area contributed by atoms with Gasteiger partial charge in [0.15, 0.2) is 5.82 Å². The predicted molar refractivity (Wildman–Crippen MR) is 60.3 cm³/mol. The van der Waals surface area contributed by atoms with Gasteiger partial charge in [0.2, 0.25) is 0 Å². The number of hydrogen-bond donors (Lipinski definition) is 0. The largest absolute Gasteiger partial charge is 0.204 e. The van der Waals surface area contributed by atoms with E-state index in [-0.39, 0.29) is 10.3 Å². The normalized spacial score (nSPS) is 9.86. The molecule has 0 N–H and O–H groups in total. The van der Waals surface area contributed by atoms with E-state index in [4.69, 9.17) is 16.9 Å². The van der Waals surface area contributed by atoms with Gasteiger partial charge in [-0.25, -0.2) is 4.39 Å². The molecule has 1 aromatic rings. The summed E-state index contributed by atoms with van der Waals surface area (Å²) in [7, 11) is 0. The number of rotatable bonds is 3. The SMILES string of the molecule is N#Cc1ccc(SCCCl)c(F)c1Br. The standard InChI is InChI=1S/C9H6BrClFNS/c10-8-6(5-13)1-2-7(9(8)12)14-4-3-11/h1-2H,3-4H2. The second-order valence-corrected chi connectivity index (χ2v) is 4.70.